The molecular formula is C23H29N3O3. The van der Waals surface area contributed by atoms with E-state index < -0.39 is 11.6 Å². The van der Waals surface area contributed by atoms with E-state index in [0.29, 0.717) is 12.0 Å². The molecule has 0 spiro atoms. The van der Waals surface area contributed by atoms with Crippen LogP contribution in [-0.2, 0) is 16.9 Å². The fourth-order valence-electron chi connectivity index (χ4n) is 4.24. The molecule has 2 heterocycles. The molecule has 2 aromatic rings. The van der Waals surface area contributed by atoms with Crippen LogP contribution in [0.2, 0.25) is 0 Å². The number of carbonyl (C=O) groups is 3. The van der Waals surface area contributed by atoms with E-state index in [1.807, 2.05) is 64.1 Å². The summed E-state index contributed by atoms with van der Waals surface area (Å²) >= 11 is 0. The number of urea groups is 1. The first kappa shape index (κ1) is 20.8. The molecule has 29 heavy (non-hydrogen) atoms. The zero-order valence-electron chi connectivity index (χ0n) is 17.6. The van der Waals surface area contributed by atoms with Crippen LogP contribution in [0.3, 0.4) is 0 Å². The van der Waals surface area contributed by atoms with E-state index in [-0.39, 0.29) is 18.2 Å². The van der Waals surface area contributed by atoms with Gasteiger partial charge >= 0.3 is 6.03 Å². The lowest BCUT2D eigenvalue weighted by atomic mass is 9.85. The normalized spacial score (nSPS) is 19.0. The van der Waals surface area contributed by atoms with Crippen LogP contribution in [-0.4, -0.2) is 33.7 Å². The highest BCUT2D eigenvalue weighted by molar-refractivity contribution is 6.11. The van der Waals surface area contributed by atoms with Gasteiger partial charge in [-0.25, -0.2) is 4.79 Å². The molecule has 154 valence electrons. The predicted molar refractivity (Wildman–Crippen MR) is 112 cm³/mol. The Kier molecular flexibility index (Phi) is 5.91. The molecule has 6 nitrogen and oxygen atoms in total. The predicted octanol–water partition coefficient (Wildman–Crippen LogP) is 3.95. The minimum atomic E-state index is -1.10. The number of Topliss-reactive ketones (excluding diaryl/α,β-unsaturated/α-hetero) is 1. The van der Waals surface area contributed by atoms with Crippen LogP contribution in [0, 0.1) is 13.8 Å². The molecule has 1 aromatic heterocycles. The molecule has 0 aliphatic carbocycles. The summed E-state index contributed by atoms with van der Waals surface area (Å²) in [7, 11) is 0. The van der Waals surface area contributed by atoms with Gasteiger partial charge in [-0.05, 0) is 38.8 Å². The summed E-state index contributed by atoms with van der Waals surface area (Å²) in [6.07, 6.45) is 2.20. The van der Waals surface area contributed by atoms with Crippen molar-refractivity contribution in [3.63, 3.8) is 0 Å². The number of nitrogens with zero attached hydrogens (tertiary/aromatic N) is 2. The van der Waals surface area contributed by atoms with E-state index in [1.54, 1.807) is 0 Å². The Morgan fingerprint density at radius 1 is 1.10 bits per heavy atom. The smallest absolute Gasteiger partial charge is 0.325 e. The summed E-state index contributed by atoms with van der Waals surface area (Å²) in [6.45, 7) is 8.43. The van der Waals surface area contributed by atoms with E-state index in [9.17, 15) is 14.4 Å². The Morgan fingerprint density at radius 3 is 2.38 bits per heavy atom. The van der Waals surface area contributed by atoms with Crippen molar-refractivity contribution in [2.24, 2.45) is 0 Å². The molecular weight excluding hydrogens is 366 g/mol. The summed E-state index contributed by atoms with van der Waals surface area (Å²) in [5.41, 5.74) is 2.07. The molecule has 1 N–H and O–H groups in total. The van der Waals surface area contributed by atoms with Crippen molar-refractivity contribution in [3.8, 4) is 0 Å². The highest BCUT2D eigenvalue weighted by Gasteiger charge is 2.52. The van der Waals surface area contributed by atoms with Crippen molar-refractivity contribution < 1.29 is 14.4 Å². The van der Waals surface area contributed by atoms with Crippen LogP contribution in [0.25, 0.3) is 0 Å². The minimum Gasteiger partial charge on any atom is -0.349 e. The molecule has 1 unspecified atom stereocenters. The maximum absolute atomic E-state index is 13.4. The lowest BCUT2D eigenvalue weighted by Gasteiger charge is -2.27. The average molecular weight is 396 g/mol. The fraction of sp³-hybridized carbons (Fsp3) is 0.435. The van der Waals surface area contributed by atoms with Crippen molar-refractivity contribution in [1.82, 2.24) is 14.8 Å². The van der Waals surface area contributed by atoms with Gasteiger partial charge in [0.25, 0.3) is 5.91 Å². The standard InChI is InChI=1S/C23H29N3O3/c1-5-7-13-23(18-11-9-8-10-12-18)21(28)26(22(29)24-23)15-20(27)19-14-16(3)25(6-2)17(19)4/h8-12,14H,5-7,13,15H2,1-4H3,(H,24,29). The van der Waals surface area contributed by atoms with Gasteiger partial charge in [0.1, 0.15) is 5.54 Å². The van der Waals surface area contributed by atoms with Gasteiger partial charge < -0.3 is 9.88 Å². The Morgan fingerprint density at radius 2 is 1.79 bits per heavy atom. The Labute approximate surface area is 171 Å². The van der Waals surface area contributed by atoms with Crippen LogP contribution in [0.5, 0.6) is 0 Å². The fourth-order valence-corrected chi connectivity index (χ4v) is 4.24. The van der Waals surface area contributed by atoms with Gasteiger partial charge in [0.05, 0.1) is 6.54 Å². The average Bonchev–Trinajstić information content (AvgIpc) is 3.14. The number of aromatic nitrogens is 1. The number of nitrogens with one attached hydrogen (secondary N) is 1. The number of hydrogen-bond donors (Lipinski definition) is 1. The van der Waals surface area contributed by atoms with E-state index in [4.69, 9.17) is 0 Å². The van der Waals surface area contributed by atoms with Gasteiger partial charge in [0, 0.05) is 23.5 Å². The third kappa shape index (κ3) is 3.59. The Bertz CT molecular complexity index is 932. The van der Waals surface area contributed by atoms with Gasteiger partial charge in [-0.3, -0.25) is 14.5 Å². The van der Waals surface area contributed by atoms with E-state index in [2.05, 4.69) is 9.88 Å². The maximum atomic E-state index is 13.4. The molecule has 3 amide bonds. The molecule has 3 rings (SSSR count). The highest BCUT2D eigenvalue weighted by atomic mass is 16.2. The molecule has 0 bridgehead atoms. The van der Waals surface area contributed by atoms with Gasteiger partial charge in [0.15, 0.2) is 5.78 Å². The molecule has 1 fully saturated rings. The lowest BCUT2D eigenvalue weighted by Crippen LogP contribution is -2.44. The van der Waals surface area contributed by atoms with E-state index in [0.717, 1.165) is 41.2 Å². The van der Waals surface area contributed by atoms with Crippen LogP contribution < -0.4 is 5.32 Å². The lowest BCUT2D eigenvalue weighted by molar-refractivity contribution is -0.131. The number of benzene rings is 1. The molecule has 1 atom stereocenters. The first-order valence-electron chi connectivity index (χ1n) is 10.2. The zero-order valence-corrected chi connectivity index (χ0v) is 17.6. The van der Waals surface area contributed by atoms with E-state index in [1.165, 1.54) is 0 Å². The minimum absolute atomic E-state index is 0.222. The topological polar surface area (TPSA) is 71.4 Å². The largest absolute Gasteiger partial charge is 0.349 e. The molecule has 0 radical (unpaired) electrons. The highest BCUT2D eigenvalue weighted by Crippen LogP contribution is 2.34. The first-order valence-corrected chi connectivity index (χ1v) is 10.2. The van der Waals surface area contributed by atoms with Crippen LogP contribution in [0.4, 0.5) is 4.79 Å². The van der Waals surface area contributed by atoms with E-state index >= 15 is 0 Å². The quantitative estimate of drug-likeness (QED) is 0.543. The molecule has 0 saturated carbocycles. The van der Waals surface area contributed by atoms with Crippen molar-refractivity contribution >= 4 is 17.7 Å². The molecule has 1 aliphatic heterocycles. The molecule has 1 aliphatic rings. The third-order valence-electron chi connectivity index (χ3n) is 5.84. The molecule has 1 saturated heterocycles. The number of aryl methyl sites for hydroxylation is 1. The number of unbranched alkanes of at least 4 members (excludes halogenated alkanes) is 1. The van der Waals surface area contributed by atoms with Crippen molar-refractivity contribution in [2.45, 2.75) is 59.0 Å². The Balaban J connectivity index is 1.90. The molecule has 6 heteroatoms. The third-order valence-corrected chi connectivity index (χ3v) is 5.84. The summed E-state index contributed by atoms with van der Waals surface area (Å²) in [6, 6.07) is 10.6. The Hall–Kier alpha value is -2.89. The SMILES string of the molecule is CCCCC1(c2ccccc2)NC(=O)N(CC(=O)c2cc(C)n(CC)c2C)C1=O. The summed E-state index contributed by atoms with van der Waals surface area (Å²) < 4.78 is 2.05. The number of carbonyl (C=O) groups excluding carboxylic acids is 3. The summed E-state index contributed by atoms with van der Waals surface area (Å²) in [5.74, 6) is -0.569. The van der Waals surface area contributed by atoms with Crippen molar-refractivity contribution in [3.05, 3.63) is 58.9 Å². The first-order chi connectivity index (χ1) is 13.9. The monoisotopic (exact) mass is 395 g/mol. The van der Waals surface area contributed by atoms with Crippen LogP contribution in [0.1, 0.15) is 60.4 Å². The number of hydrogen-bond acceptors (Lipinski definition) is 3. The van der Waals surface area contributed by atoms with Crippen molar-refractivity contribution in [2.75, 3.05) is 6.54 Å². The number of rotatable bonds is 8. The van der Waals surface area contributed by atoms with Crippen LogP contribution >= 0.6 is 0 Å². The van der Waals surface area contributed by atoms with Gasteiger partial charge in [-0.15, -0.1) is 0 Å². The summed E-state index contributed by atoms with van der Waals surface area (Å²) in [5, 5.41) is 2.90. The number of imide groups is 1. The second-order valence-electron chi connectivity index (χ2n) is 7.65. The van der Waals surface area contributed by atoms with Crippen molar-refractivity contribution in [1.29, 1.82) is 0 Å². The zero-order chi connectivity index (χ0) is 21.2. The maximum Gasteiger partial charge on any atom is 0.325 e. The second-order valence-corrected chi connectivity index (χ2v) is 7.65. The van der Waals surface area contributed by atoms with Gasteiger partial charge in [0.2, 0.25) is 0 Å². The second kappa shape index (κ2) is 8.23. The van der Waals surface area contributed by atoms with Gasteiger partial charge in [-0.1, -0.05) is 50.1 Å². The van der Waals surface area contributed by atoms with Crippen LogP contribution in [0.15, 0.2) is 36.4 Å². The molecule has 1 aromatic carbocycles. The summed E-state index contributed by atoms with van der Waals surface area (Å²) in [4.78, 5) is 40.2. The number of amides is 3. The van der Waals surface area contributed by atoms with Gasteiger partial charge in [-0.2, -0.15) is 0 Å². The number of ketones is 1.